The molecule has 0 N–H and O–H groups in total. The van der Waals surface area contributed by atoms with Crippen LogP contribution in [0.15, 0.2) is 11.1 Å². The fraction of sp³-hybridized carbons (Fsp3) is 0.905. The Morgan fingerprint density at radius 2 is 0.646 bits per heavy atom. The molecule has 0 spiro atoms. The van der Waals surface area contributed by atoms with Crippen LogP contribution in [0.3, 0.4) is 0 Å². The highest BCUT2D eigenvalue weighted by Crippen LogP contribution is 2.24. The van der Waals surface area contributed by atoms with Gasteiger partial charge in [-0.2, -0.15) is 0 Å². The zero-order chi connectivity index (χ0) is 35.5. The van der Waals surface area contributed by atoms with Crippen LogP contribution in [-0.2, 0) is 19.1 Å². The number of carbonyl (C=O) groups excluding carboxylic acids is 2. The highest BCUT2D eigenvalue weighted by molar-refractivity contribution is 6.14. The quantitative estimate of drug-likeness (QED) is 0.0216. The summed E-state index contributed by atoms with van der Waals surface area (Å²) in [6.45, 7) is 6.35. The summed E-state index contributed by atoms with van der Waals surface area (Å²) in [6.07, 6.45) is 35.5. The Morgan fingerprint density at radius 1 is 0.396 bits per heavy atom. The van der Waals surface area contributed by atoms with Crippen molar-refractivity contribution >= 4 is 11.9 Å². The Morgan fingerprint density at radius 3 is 0.896 bits per heavy atom. The monoisotopic (exact) mass is 679 g/mol. The van der Waals surface area contributed by atoms with Gasteiger partial charge in [-0.15, -0.1) is 0 Å². The molecule has 6 heteroatoms. The maximum Gasteiger partial charge on any atom is 0.345 e. The first kappa shape index (κ1) is 46.6. The molecule has 0 aromatic rings. The van der Waals surface area contributed by atoms with Crippen molar-refractivity contribution in [1.82, 2.24) is 9.80 Å². The molecule has 0 bridgehead atoms. The SMILES string of the molecule is CCCCCCCCCCCCCCCC(CCCCCCCCCCCCCCC)=C(C(=O)OCCN(C)C)C(=O)OCCN(C)C. The minimum atomic E-state index is -0.508. The van der Waals surface area contributed by atoms with Crippen molar-refractivity contribution in [3.05, 3.63) is 11.1 Å². The van der Waals surface area contributed by atoms with Gasteiger partial charge in [-0.3, -0.25) is 0 Å². The molecule has 0 fully saturated rings. The average Bonchev–Trinajstić information content (AvgIpc) is 3.04. The van der Waals surface area contributed by atoms with E-state index in [9.17, 15) is 9.59 Å². The number of likely N-dealkylation sites (N-methyl/N-ethyl adjacent to an activating group) is 2. The van der Waals surface area contributed by atoms with Gasteiger partial charge in [0, 0.05) is 13.1 Å². The van der Waals surface area contributed by atoms with Gasteiger partial charge in [0.15, 0.2) is 0 Å². The molecule has 0 aliphatic rings. The summed E-state index contributed by atoms with van der Waals surface area (Å²) in [5.41, 5.74) is 1.12. The highest BCUT2D eigenvalue weighted by atomic mass is 16.6. The van der Waals surface area contributed by atoms with Crippen molar-refractivity contribution in [3.8, 4) is 0 Å². The molecule has 6 nitrogen and oxygen atoms in total. The lowest BCUT2D eigenvalue weighted by Gasteiger charge is -2.17. The fourth-order valence-electron chi connectivity index (χ4n) is 6.25. The Kier molecular flexibility index (Phi) is 34.4. The van der Waals surface area contributed by atoms with Crippen LogP contribution in [0.2, 0.25) is 0 Å². The molecule has 0 radical (unpaired) electrons. The number of unbranched alkanes of at least 4 members (excludes halogenated alkanes) is 24. The predicted molar refractivity (Wildman–Crippen MR) is 207 cm³/mol. The third-order valence-corrected chi connectivity index (χ3v) is 9.47. The fourth-order valence-corrected chi connectivity index (χ4v) is 6.25. The number of carbonyl (C=O) groups is 2. The van der Waals surface area contributed by atoms with E-state index in [2.05, 4.69) is 13.8 Å². The van der Waals surface area contributed by atoms with E-state index in [-0.39, 0.29) is 18.8 Å². The average molecular weight is 679 g/mol. The number of allylic oxidation sites excluding steroid dienone is 1. The van der Waals surface area contributed by atoms with E-state index in [0.717, 1.165) is 44.1 Å². The summed E-state index contributed by atoms with van der Waals surface area (Å²) in [4.78, 5) is 30.7. The summed E-state index contributed by atoms with van der Waals surface area (Å²) in [7, 11) is 7.81. The third-order valence-electron chi connectivity index (χ3n) is 9.47. The van der Waals surface area contributed by atoms with Gasteiger partial charge < -0.3 is 19.3 Å². The largest absolute Gasteiger partial charge is 0.461 e. The standard InChI is InChI=1S/C42H82N2O4/c1-7-9-11-13-15-17-19-21-23-25-27-29-31-33-39(34-32-30-28-26-24-22-20-18-16-14-12-10-8-2)40(41(45)47-37-35-43(3)4)42(46)48-38-36-44(5)6/h7-38H2,1-6H3. The van der Waals surface area contributed by atoms with Crippen LogP contribution in [-0.4, -0.2) is 76.2 Å². The Labute approximate surface area is 299 Å². The molecule has 0 amide bonds. The summed E-state index contributed by atoms with van der Waals surface area (Å²) in [5, 5.41) is 0. The smallest absolute Gasteiger partial charge is 0.345 e. The van der Waals surface area contributed by atoms with E-state index >= 15 is 0 Å². The molecule has 0 aromatic heterocycles. The molecule has 0 aliphatic heterocycles. The number of ether oxygens (including phenoxy) is 2. The second-order valence-electron chi connectivity index (χ2n) is 14.8. The second kappa shape index (κ2) is 35.4. The van der Waals surface area contributed by atoms with Crippen LogP contribution in [0.5, 0.6) is 0 Å². The lowest BCUT2D eigenvalue weighted by atomic mass is 9.94. The number of hydrogen-bond donors (Lipinski definition) is 0. The van der Waals surface area contributed by atoms with Gasteiger partial charge in [0.25, 0.3) is 0 Å². The van der Waals surface area contributed by atoms with Gasteiger partial charge in [0.1, 0.15) is 18.8 Å². The second-order valence-corrected chi connectivity index (χ2v) is 14.8. The van der Waals surface area contributed by atoms with Crippen LogP contribution in [0.25, 0.3) is 0 Å². The van der Waals surface area contributed by atoms with Gasteiger partial charge in [-0.05, 0) is 59.4 Å². The van der Waals surface area contributed by atoms with E-state index in [4.69, 9.17) is 9.47 Å². The molecule has 0 heterocycles. The lowest BCUT2D eigenvalue weighted by molar-refractivity contribution is -0.147. The summed E-state index contributed by atoms with van der Waals surface area (Å²) < 4.78 is 11.3. The lowest BCUT2D eigenvalue weighted by Crippen LogP contribution is -2.26. The Hall–Kier alpha value is -1.40. The Bertz CT molecular complexity index is 705. The molecule has 48 heavy (non-hydrogen) atoms. The van der Waals surface area contributed by atoms with Crippen LogP contribution >= 0.6 is 0 Å². The van der Waals surface area contributed by atoms with Crippen molar-refractivity contribution < 1.29 is 19.1 Å². The van der Waals surface area contributed by atoms with Crippen molar-refractivity contribution in [1.29, 1.82) is 0 Å². The van der Waals surface area contributed by atoms with Gasteiger partial charge >= 0.3 is 11.9 Å². The highest BCUT2D eigenvalue weighted by Gasteiger charge is 2.26. The van der Waals surface area contributed by atoms with Gasteiger partial charge in [-0.1, -0.05) is 168 Å². The van der Waals surface area contributed by atoms with E-state index in [1.54, 1.807) is 0 Å². The number of hydrogen-bond acceptors (Lipinski definition) is 6. The van der Waals surface area contributed by atoms with Gasteiger partial charge in [0.2, 0.25) is 0 Å². The first-order valence-corrected chi connectivity index (χ1v) is 20.7. The molecule has 0 aliphatic carbocycles. The summed E-state index contributed by atoms with van der Waals surface area (Å²) in [5.74, 6) is -1.02. The van der Waals surface area contributed by atoms with Crippen LogP contribution in [0.1, 0.15) is 194 Å². The maximum absolute atomic E-state index is 13.4. The van der Waals surface area contributed by atoms with E-state index in [1.807, 2.05) is 38.0 Å². The predicted octanol–water partition coefficient (Wildman–Crippen LogP) is 11.5. The van der Waals surface area contributed by atoms with Crippen LogP contribution < -0.4 is 0 Å². The zero-order valence-corrected chi connectivity index (χ0v) is 33.2. The minimum absolute atomic E-state index is 0.172. The normalized spacial score (nSPS) is 11.4. The van der Waals surface area contributed by atoms with Crippen molar-refractivity contribution in [2.24, 2.45) is 0 Å². The number of rotatable bonds is 36. The molecule has 0 rings (SSSR count). The summed E-state index contributed by atoms with van der Waals surface area (Å²) >= 11 is 0. The topological polar surface area (TPSA) is 59.1 Å². The minimum Gasteiger partial charge on any atom is -0.461 e. The molecule has 0 atom stereocenters. The molecule has 0 unspecified atom stereocenters. The molecular formula is C42H82N2O4. The van der Waals surface area contributed by atoms with Crippen molar-refractivity contribution in [2.45, 2.75) is 194 Å². The van der Waals surface area contributed by atoms with E-state index in [1.165, 1.54) is 141 Å². The van der Waals surface area contributed by atoms with Gasteiger partial charge in [0.05, 0.1) is 0 Å². The molecule has 284 valence electrons. The van der Waals surface area contributed by atoms with Gasteiger partial charge in [-0.25, -0.2) is 9.59 Å². The van der Waals surface area contributed by atoms with Crippen LogP contribution in [0, 0.1) is 0 Å². The number of nitrogens with zero attached hydrogens (tertiary/aromatic N) is 2. The molecular weight excluding hydrogens is 596 g/mol. The Balaban J connectivity index is 4.96. The first-order valence-electron chi connectivity index (χ1n) is 20.7. The molecule has 0 aromatic carbocycles. The van der Waals surface area contributed by atoms with Crippen molar-refractivity contribution in [2.75, 3.05) is 54.5 Å². The number of esters is 2. The first-order chi connectivity index (χ1) is 23.3. The zero-order valence-electron chi connectivity index (χ0n) is 33.2. The van der Waals surface area contributed by atoms with E-state index < -0.39 is 11.9 Å². The molecule has 0 saturated carbocycles. The summed E-state index contributed by atoms with van der Waals surface area (Å²) in [6, 6.07) is 0. The maximum atomic E-state index is 13.4. The van der Waals surface area contributed by atoms with E-state index in [0.29, 0.717) is 13.1 Å². The van der Waals surface area contributed by atoms with Crippen LogP contribution in [0.4, 0.5) is 0 Å². The van der Waals surface area contributed by atoms with Crippen molar-refractivity contribution in [3.63, 3.8) is 0 Å². The third kappa shape index (κ3) is 30.6. The molecule has 0 saturated heterocycles.